The van der Waals surface area contributed by atoms with Gasteiger partial charge in [0.25, 0.3) is 5.56 Å². The predicted molar refractivity (Wildman–Crippen MR) is 51.6 cm³/mol. The van der Waals surface area contributed by atoms with E-state index in [-0.39, 0.29) is 11.1 Å². The molecule has 1 aromatic heterocycles. The van der Waals surface area contributed by atoms with Crippen molar-refractivity contribution in [3.8, 4) is 17.3 Å². The zero-order chi connectivity index (χ0) is 9.97. The number of rotatable bonds is 1. The van der Waals surface area contributed by atoms with Crippen LogP contribution in [0.5, 0.6) is 0 Å². The van der Waals surface area contributed by atoms with Gasteiger partial charge < -0.3 is 0 Å². The predicted octanol–water partition coefficient (Wildman–Crippen LogP) is 1.24. The molecule has 4 nitrogen and oxygen atoms in total. The fourth-order valence-electron chi connectivity index (χ4n) is 1.29. The summed E-state index contributed by atoms with van der Waals surface area (Å²) in [5.41, 5.74) is 1.10. The van der Waals surface area contributed by atoms with E-state index in [1.54, 1.807) is 0 Å². The molecule has 0 bridgehead atoms. The molecular formula is C10H7N3O. The van der Waals surface area contributed by atoms with Crippen LogP contribution in [0.15, 0.2) is 35.1 Å². The molecular weight excluding hydrogens is 178 g/mol. The molecule has 0 spiro atoms. The zero-order valence-corrected chi connectivity index (χ0v) is 7.24. The van der Waals surface area contributed by atoms with E-state index in [1.165, 1.54) is 0 Å². The highest BCUT2D eigenvalue weighted by atomic mass is 16.1. The SMILES string of the molecule is N#Cc1c(-c2ccccc2)[nH][nH]c1=O. The van der Waals surface area contributed by atoms with Crippen molar-refractivity contribution in [1.82, 2.24) is 10.2 Å². The van der Waals surface area contributed by atoms with Gasteiger partial charge in [0.05, 0.1) is 5.69 Å². The summed E-state index contributed by atoms with van der Waals surface area (Å²) in [6.07, 6.45) is 0. The van der Waals surface area contributed by atoms with Crippen LogP contribution in [-0.2, 0) is 0 Å². The third-order valence-corrected chi connectivity index (χ3v) is 1.95. The highest BCUT2D eigenvalue weighted by molar-refractivity contribution is 5.65. The van der Waals surface area contributed by atoms with E-state index in [4.69, 9.17) is 5.26 Å². The first kappa shape index (κ1) is 8.32. The van der Waals surface area contributed by atoms with Crippen molar-refractivity contribution >= 4 is 0 Å². The number of nitrogens with one attached hydrogen (secondary N) is 2. The fourth-order valence-corrected chi connectivity index (χ4v) is 1.29. The first-order valence-corrected chi connectivity index (χ1v) is 4.09. The van der Waals surface area contributed by atoms with Crippen LogP contribution < -0.4 is 5.56 Å². The molecule has 0 unspecified atom stereocenters. The van der Waals surface area contributed by atoms with Crippen LogP contribution in [0.25, 0.3) is 11.3 Å². The Hall–Kier alpha value is -2.28. The van der Waals surface area contributed by atoms with Crippen molar-refractivity contribution in [2.75, 3.05) is 0 Å². The molecule has 0 aliphatic carbocycles. The Morgan fingerprint density at radius 3 is 2.50 bits per heavy atom. The third kappa shape index (κ3) is 1.21. The van der Waals surface area contributed by atoms with Gasteiger partial charge in [-0.05, 0) is 0 Å². The zero-order valence-electron chi connectivity index (χ0n) is 7.24. The molecule has 2 rings (SSSR count). The number of nitriles is 1. The number of H-pyrrole nitrogens is 2. The summed E-state index contributed by atoms with van der Waals surface area (Å²) in [7, 11) is 0. The normalized spacial score (nSPS) is 9.64. The number of aromatic nitrogens is 2. The van der Waals surface area contributed by atoms with Gasteiger partial charge in [-0.15, -0.1) is 0 Å². The summed E-state index contributed by atoms with van der Waals surface area (Å²) in [5, 5.41) is 13.8. The second-order valence-electron chi connectivity index (χ2n) is 2.81. The summed E-state index contributed by atoms with van der Waals surface area (Å²) >= 11 is 0. The maximum Gasteiger partial charge on any atom is 0.282 e. The summed E-state index contributed by atoms with van der Waals surface area (Å²) in [4.78, 5) is 11.1. The molecule has 1 heterocycles. The third-order valence-electron chi connectivity index (χ3n) is 1.95. The van der Waals surface area contributed by atoms with Gasteiger partial charge in [0.2, 0.25) is 0 Å². The summed E-state index contributed by atoms with van der Waals surface area (Å²) in [6.45, 7) is 0. The number of hydrogen-bond acceptors (Lipinski definition) is 2. The van der Waals surface area contributed by atoms with Crippen molar-refractivity contribution < 1.29 is 0 Å². The van der Waals surface area contributed by atoms with Crippen LogP contribution >= 0.6 is 0 Å². The van der Waals surface area contributed by atoms with E-state index in [0.29, 0.717) is 5.69 Å². The largest absolute Gasteiger partial charge is 0.296 e. The van der Waals surface area contributed by atoms with Crippen molar-refractivity contribution in [3.05, 3.63) is 46.2 Å². The topological polar surface area (TPSA) is 72.4 Å². The van der Waals surface area contributed by atoms with Gasteiger partial charge in [0.15, 0.2) is 0 Å². The van der Waals surface area contributed by atoms with Crippen molar-refractivity contribution in [3.63, 3.8) is 0 Å². The monoisotopic (exact) mass is 185 g/mol. The van der Waals surface area contributed by atoms with E-state index in [9.17, 15) is 4.79 Å². The minimum Gasteiger partial charge on any atom is -0.296 e. The molecule has 0 saturated carbocycles. The number of hydrogen-bond donors (Lipinski definition) is 2. The molecule has 14 heavy (non-hydrogen) atoms. The lowest BCUT2D eigenvalue weighted by atomic mass is 10.1. The minimum atomic E-state index is -0.383. The molecule has 0 aliphatic heterocycles. The number of nitrogens with zero attached hydrogens (tertiary/aromatic N) is 1. The molecule has 0 radical (unpaired) electrons. The van der Waals surface area contributed by atoms with E-state index in [2.05, 4.69) is 10.2 Å². The quantitative estimate of drug-likeness (QED) is 0.701. The minimum absolute atomic E-state index is 0.121. The molecule has 2 N–H and O–H groups in total. The highest BCUT2D eigenvalue weighted by Crippen LogP contribution is 2.16. The molecule has 0 aliphatic rings. The van der Waals surface area contributed by atoms with Crippen LogP contribution in [0.2, 0.25) is 0 Å². The maximum absolute atomic E-state index is 11.1. The Labute approximate surface area is 79.8 Å². The lowest BCUT2D eigenvalue weighted by molar-refractivity contribution is 1.06. The molecule has 0 saturated heterocycles. The van der Waals surface area contributed by atoms with E-state index in [0.717, 1.165) is 5.56 Å². The molecule has 0 amide bonds. The van der Waals surface area contributed by atoms with Crippen LogP contribution in [-0.4, -0.2) is 10.2 Å². The highest BCUT2D eigenvalue weighted by Gasteiger charge is 2.09. The van der Waals surface area contributed by atoms with E-state index < -0.39 is 0 Å². The first-order chi connectivity index (χ1) is 6.83. The Bertz CT molecular complexity index is 530. The Balaban J connectivity index is 2.65. The van der Waals surface area contributed by atoms with Crippen LogP contribution in [0.3, 0.4) is 0 Å². The van der Waals surface area contributed by atoms with Crippen LogP contribution in [0, 0.1) is 11.3 Å². The first-order valence-electron chi connectivity index (χ1n) is 4.09. The molecule has 1 aromatic carbocycles. The van der Waals surface area contributed by atoms with Gasteiger partial charge in [0.1, 0.15) is 11.6 Å². The Morgan fingerprint density at radius 1 is 1.14 bits per heavy atom. The smallest absolute Gasteiger partial charge is 0.282 e. The van der Waals surface area contributed by atoms with Gasteiger partial charge in [-0.25, -0.2) is 0 Å². The van der Waals surface area contributed by atoms with Gasteiger partial charge in [0, 0.05) is 5.56 Å². The molecule has 68 valence electrons. The van der Waals surface area contributed by atoms with Gasteiger partial charge >= 0.3 is 0 Å². The van der Waals surface area contributed by atoms with Crippen LogP contribution in [0.1, 0.15) is 5.56 Å². The Kier molecular flexibility index (Phi) is 1.92. The van der Waals surface area contributed by atoms with Crippen molar-refractivity contribution in [2.24, 2.45) is 0 Å². The lowest BCUT2D eigenvalue weighted by Gasteiger charge is -1.95. The summed E-state index contributed by atoms with van der Waals surface area (Å²) in [6, 6.07) is 11.1. The molecule has 0 atom stereocenters. The number of aromatic amines is 2. The second-order valence-corrected chi connectivity index (χ2v) is 2.81. The summed E-state index contributed by atoms with van der Waals surface area (Å²) in [5.74, 6) is 0. The molecule has 4 heteroatoms. The van der Waals surface area contributed by atoms with E-state index in [1.807, 2.05) is 36.4 Å². The average molecular weight is 185 g/mol. The number of benzene rings is 1. The molecule has 0 fully saturated rings. The summed E-state index contributed by atoms with van der Waals surface area (Å²) < 4.78 is 0. The van der Waals surface area contributed by atoms with Gasteiger partial charge in [-0.3, -0.25) is 15.0 Å². The average Bonchev–Trinajstić information content (AvgIpc) is 2.61. The van der Waals surface area contributed by atoms with E-state index >= 15 is 0 Å². The van der Waals surface area contributed by atoms with Gasteiger partial charge in [-0.1, -0.05) is 30.3 Å². The lowest BCUT2D eigenvalue weighted by Crippen LogP contribution is -2.01. The fraction of sp³-hybridized carbons (Fsp3) is 0. The second kappa shape index (κ2) is 3.23. The maximum atomic E-state index is 11.1. The van der Waals surface area contributed by atoms with Crippen molar-refractivity contribution in [1.29, 1.82) is 5.26 Å². The molecule has 2 aromatic rings. The van der Waals surface area contributed by atoms with Crippen LogP contribution in [0.4, 0.5) is 0 Å². The Morgan fingerprint density at radius 2 is 1.86 bits per heavy atom. The van der Waals surface area contributed by atoms with Gasteiger partial charge in [-0.2, -0.15) is 5.26 Å². The standard InChI is InChI=1S/C10H7N3O/c11-6-8-9(12-13-10(8)14)7-4-2-1-3-5-7/h1-5H,(H2,12,13,14). The van der Waals surface area contributed by atoms with Crippen molar-refractivity contribution in [2.45, 2.75) is 0 Å².